The van der Waals surface area contributed by atoms with E-state index in [-0.39, 0.29) is 0 Å². The molecule has 18 heavy (non-hydrogen) atoms. The number of hydrogen-bond acceptors (Lipinski definition) is 1. The number of imidazole rings is 1. The average molecular weight is 242 g/mol. The van der Waals surface area contributed by atoms with Crippen LogP contribution in [0.2, 0.25) is 0 Å². The standard InChI is InChI=1S/C16H22N2/c1-4-15-11-17-16(18-15)10-6-9-14-8-5-7-12(2)13(14)3/h5,7-8,11H,4,6,9-10H2,1-3H3,(H,17,18). The van der Waals surface area contributed by atoms with Crippen molar-refractivity contribution < 1.29 is 0 Å². The molecule has 0 aliphatic heterocycles. The lowest BCUT2D eigenvalue weighted by molar-refractivity contribution is 0.776. The first-order valence-corrected chi connectivity index (χ1v) is 6.78. The Morgan fingerprint density at radius 2 is 2.00 bits per heavy atom. The van der Waals surface area contributed by atoms with Crippen molar-refractivity contribution in [3.8, 4) is 0 Å². The number of aryl methyl sites for hydroxylation is 4. The molecule has 0 aliphatic carbocycles. The van der Waals surface area contributed by atoms with E-state index < -0.39 is 0 Å². The van der Waals surface area contributed by atoms with Gasteiger partial charge in [-0.2, -0.15) is 0 Å². The third-order valence-corrected chi connectivity index (χ3v) is 3.64. The number of nitrogens with zero attached hydrogens (tertiary/aromatic N) is 1. The Bertz CT molecular complexity index is 512. The van der Waals surface area contributed by atoms with E-state index in [2.05, 4.69) is 48.9 Å². The molecule has 0 atom stereocenters. The Morgan fingerprint density at radius 1 is 1.17 bits per heavy atom. The van der Waals surface area contributed by atoms with Crippen LogP contribution in [-0.2, 0) is 19.3 Å². The zero-order valence-electron chi connectivity index (χ0n) is 11.6. The SMILES string of the molecule is CCc1cnc(CCCc2cccc(C)c2C)[nH]1. The summed E-state index contributed by atoms with van der Waals surface area (Å²) in [4.78, 5) is 7.77. The minimum absolute atomic E-state index is 1.03. The molecular weight excluding hydrogens is 220 g/mol. The quantitative estimate of drug-likeness (QED) is 0.849. The Hall–Kier alpha value is -1.57. The first-order chi connectivity index (χ1) is 8.70. The van der Waals surface area contributed by atoms with Crippen molar-refractivity contribution in [1.29, 1.82) is 0 Å². The van der Waals surface area contributed by atoms with Gasteiger partial charge < -0.3 is 4.98 Å². The second-order valence-corrected chi connectivity index (χ2v) is 4.92. The van der Waals surface area contributed by atoms with E-state index in [0.717, 1.165) is 31.5 Å². The van der Waals surface area contributed by atoms with E-state index in [1.54, 1.807) is 0 Å². The molecule has 96 valence electrons. The van der Waals surface area contributed by atoms with Crippen LogP contribution in [-0.4, -0.2) is 9.97 Å². The monoisotopic (exact) mass is 242 g/mol. The highest BCUT2D eigenvalue weighted by atomic mass is 14.9. The molecule has 0 saturated heterocycles. The van der Waals surface area contributed by atoms with Gasteiger partial charge in [0.05, 0.1) is 0 Å². The van der Waals surface area contributed by atoms with Crippen LogP contribution in [0.3, 0.4) is 0 Å². The smallest absolute Gasteiger partial charge is 0.106 e. The van der Waals surface area contributed by atoms with Crippen LogP contribution in [0.25, 0.3) is 0 Å². The van der Waals surface area contributed by atoms with Gasteiger partial charge in [0.1, 0.15) is 5.82 Å². The van der Waals surface area contributed by atoms with Crippen molar-refractivity contribution >= 4 is 0 Å². The Balaban J connectivity index is 1.90. The summed E-state index contributed by atoms with van der Waals surface area (Å²) in [7, 11) is 0. The Kier molecular flexibility index (Phi) is 4.19. The molecule has 0 radical (unpaired) electrons. The molecule has 2 rings (SSSR count). The van der Waals surface area contributed by atoms with Crippen LogP contribution in [0.4, 0.5) is 0 Å². The van der Waals surface area contributed by atoms with Gasteiger partial charge in [-0.05, 0) is 49.8 Å². The molecule has 0 aliphatic rings. The molecule has 2 nitrogen and oxygen atoms in total. The first kappa shape index (κ1) is 12.9. The first-order valence-electron chi connectivity index (χ1n) is 6.78. The van der Waals surface area contributed by atoms with Crippen molar-refractivity contribution in [1.82, 2.24) is 9.97 Å². The fraction of sp³-hybridized carbons (Fsp3) is 0.438. The molecule has 0 fully saturated rings. The van der Waals surface area contributed by atoms with E-state index >= 15 is 0 Å². The van der Waals surface area contributed by atoms with Crippen molar-refractivity contribution in [3.05, 3.63) is 52.6 Å². The number of aromatic amines is 1. The second-order valence-electron chi connectivity index (χ2n) is 4.92. The molecule has 1 heterocycles. The van der Waals surface area contributed by atoms with Crippen LogP contribution in [0, 0.1) is 13.8 Å². The lowest BCUT2D eigenvalue weighted by atomic mass is 9.99. The summed E-state index contributed by atoms with van der Waals surface area (Å²) < 4.78 is 0. The van der Waals surface area contributed by atoms with Gasteiger partial charge in [-0.1, -0.05) is 25.1 Å². The highest BCUT2D eigenvalue weighted by molar-refractivity contribution is 5.33. The average Bonchev–Trinajstić information content (AvgIpc) is 2.82. The number of hydrogen-bond donors (Lipinski definition) is 1. The van der Waals surface area contributed by atoms with Gasteiger partial charge in [0.15, 0.2) is 0 Å². The number of rotatable bonds is 5. The summed E-state index contributed by atoms with van der Waals surface area (Å²) in [5.41, 5.74) is 5.53. The minimum Gasteiger partial charge on any atom is -0.346 e. The van der Waals surface area contributed by atoms with Crippen LogP contribution in [0.5, 0.6) is 0 Å². The Labute approximate surface area is 109 Å². The second kappa shape index (κ2) is 5.85. The summed E-state index contributed by atoms with van der Waals surface area (Å²) in [6, 6.07) is 6.57. The molecule has 1 aromatic carbocycles. The molecule has 0 unspecified atom stereocenters. The van der Waals surface area contributed by atoms with Gasteiger partial charge in [-0.15, -0.1) is 0 Å². The summed E-state index contributed by atoms with van der Waals surface area (Å²) in [6.07, 6.45) is 6.31. The van der Waals surface area contributed by atoms with Gasteiger partial charge in [-0.25, -0.2) is 4.98 Å². The van der Waals surface area contributed by atoms with Gasteiger partial charge in [0.25, 0.3) is 0 Å². The van der Waals surface area contributed by atoms with Crippen LogP contribution in [0.1, 0.15) is 41.6 Å². The van der Waals surface area contributed by atoms with Gasteiger partial charge in [0, 0.05) is 18.3 Å². The lowest BCUT2D eigenvalue weighted by Gasteiger charge is -2.07. The molecule has 0 spiro atoms. The minimum atomic E-state index is 1.03. The fourth-order valence-electron chi connectivity index (χ4n) is 2.24. The highest BCUT2D eigenvalue weighted by Gasteiger charge is 2.03. The summed E-state index contributed by atoms with van der Waals surface area (Å²) in [6.45, 7) is 6.54. The Morgan fingerprint density at radius 3 is 2.72 bits per heavy atom. The van der Waals surface area contributed by atoms with E-state index in [1.807, 2.05) is 6.20 Å². The van der Waals surface area contributed by atoms with E-state index in [0.29, 0.717) is 0 Å². The fourth-order valence-corrected chi connectivity index (χ4v) is 2.24. The third kappa shape index (κ3) is 3.00. The number of benzene rings is 1. The highest BCUT2D eigenvalue weighted by Crippen LogP contribution is 2.15. The molecule has 2 aromatic rings. The molecule has 1 N–H and O–H groups in total. The summed E-state index contributed by atoms with van der Waals surface area (Å²) >= 11 is 0. The van der Waals surface area contributed by atoms with Gasteiger partial charge >= 0.3 is 0 Å². The maximum atomic E-state index is 4.40. The van der Waals surface area contributed by atoms with E-state index in [4.69, 9.17) is 0 Å². The molecule has 0 amide bonds. The summed E-state index contributed by atoms with van der Waals surface area (Å²) in [5.74, 6) is 1.12. The topological polar surface area (TPSA) is 28.7 Å². The largest absolute Gasteiger partial charge is 0.346 e. The van der Waals surface area contributed by atoms with Crippen molar-refractivity contribution in [2.45, 2.75) is 46.5 Å². The van der Waals surface area contributed by atoms with E-state index in [9.17, 15) is 0 Å². The number of aromatic nitrogens is 2. The number of H-pyrrole nitrogens is 1. The third-order valence-electron chi connectivity index (χ3n) is 3.64. The molecular formula is C16H22N2. The van der Waals surface area contributed by atoms with Crippen LogP contribution >= 0.6 is 0 Å². The predicted octanol–water partition coefficient (Wildman–Crippen LogP) is 3.76. The molecule has 0 saturated carbocycles. The summed E-state index contributed by atoms with van der Waals surface area (Å²) in [5, 5.41) is 0. The predicted molar refractivity (Wildman–Crippen MR) is 75.9 cm³/mol. The van der Waals surface area contributed by atoms with Crippen molar-refractivity contribution in [3.63, 3.8) is 0 Å². The van der Waals surface area contributed by atoms with Crippen LogP contribution in [0.15, 0.2) is 24.4 Å². The number of nitrogens with one attached hydrogen (secondary N) is 1. The van der Waals surface area contributed by atoms with Crippen molar-refractivity contribution in [2.75, 3.05) is 0 Å². The maximum Gasteiger partial charge on any atom is 0.106 e. The van der Waals surface area contributed by atoms with Gasteiger partial charge in [0.2, 0.25) is 0 Å². The maximum absolute atomic E-state index is 4.40. The lowest BCUT2D eigenvalue weighted by Crippen LogP contribution is -1.96. The van der Waals surface area contributed by atoms with Crippen molar-refractivity contribution in [2.24, 2.45) is 0 Å². The zero-order chi connectivity index (χ0) is 13.0. The zero-order valence-corrected chi connectivity index (χ0v) is 11.6. The molecule has 1 aromatic heterocycles. The molecule has 0 bridgehead atoms. The molecule has 2 heteroatoms. The normalized spacial score (nSPS) is 10.8. The van der Waals surface area contributed by atoms with Crippen LogP contribution < -0.4 is 0 Å². The van der Waals surface area contributed by atoms with Gasteiger partial charge in [-0.3, -0.25) is 0 Å². The van der Waals surface area contributed by atoms with E-state index in [1.165, 1.54) is 22.4 Å².